The Morgan fingerprint density at radius 3 is 2.95 bits per heavy atom. The van der Waals surface area contributed by atoms with Gasteiger partial charge in [-0.05, 0) is 43.6 Å². The predicted molar refractivity (Wildman–Crippen MR) is 78.8 cm³/mol. The monoisotopic (exact) mass is 296 g/mol. The topological polar surface area (TPSA) is 54.9 Å². The molecule has 0 saturated carbocycles. The zero-order chi connectivity index (χ0) is 13.6. The van der Waals surface area contributed by atoms with Gasteiger partial charge in [-0.15, -0.1) is 0 Å². The van der Waals surface area contributed by atoms with Crippen molar-refractivity contribution < 1.29 is 8.42 Å². The van der Waals surface area contributed by atoms with Crippen molar-refractivity contribution in [2.45, 2.75) is 25.8 Å². The summed E-state index contributed by atoms with van der Waals surface area (Å²) in [6.45, 7) is 2.03. The second-order valence-electron chi connectivity index (χ2n) is 5.18. The number of benzene rings is 1. The predicted octanol–water partition coefficient (Wildman–Crippen LogP) is 2.76. The molecule has 102 valence electrons. The van der Waals surface area contributed by atoms with E-state index >= 15 is 0 Å². The molecule has 0 amide bonds. The molecule has 2 heterocycles. The lowest BCUT2D eigenvalue weighted by Gasteiger charge is -2.24. The van der Waals surface area contributed by atoms with Crippen LogP contribution in [0.5, 0.6) is 0 Å². The number of aryl methyl sites for hydroxylation is 1. The van der Waals surface area contributed by atoms with Crippen molar-refractivity contribution in [1.29, 1.82) is 0 Å². The molecule has 19 heavy (non-hydrogen) atoms. The Morgan fingerprint density at radius 1 is 1.42 bits per heavy atom. The lowest BCUT2D eigenvalue weighted by molar-refractivity contribution is 0.475. The Morgan fingerprint density at radius 2 is 2.21 bits per heavy atom. The van der Waals surface area contributed by atoms with Gasteiger partial charge in [-0.2, -0.15) is 0 Å². The Kier molecular flexibility index (Phi) is 3.02. The highest BCUT2D eigenvalue weighted by molar-refractivity contribution is 7.91. The van der Waals surface area contributed by atoms with E-state index in [2.05, 4.69) is 4.98 Å². The van der Waals surface area contributed by atoms with Crippen LogP contribution in [-0.4, -0.2) is 29.5 Å². The largest absolute Gasteiger partial charge is 0.331 e. The first-order valence-electron chi connectivity index (χ1n) is 6.38. The third-order valence-corrected chi connectivity index (χ3v) is 5.85. The van der Waals surface area contributed by atoms with Gasteiger partial charge in [0, 0.05) is 0 Å². The van der Waals surface area contributed by atoms with Crippen LogP contribution in [0.1, 0.15) is 24.4 Å². The van der Waals surface area contributed by atoms with Crippen molar-refractivity contribution in [2.75, 3.05) is 11.5 Å². The number of nitrogens with one attached hydrogen (secondary N) is 1. The van der Waals surface area contributed by atoms with Crippen molar-refractivity contribution in [3.63, 3.8) is 0 Å². The van der Waals surface area contributed by atoms with Crippen LogP contribution >= 0.6 is 12.2 Å². The second kappa shape index (κ2) is 4.45. The van der Waals surface area contributed by atoms with Gasteiger partial charge < -0.3 is 9.55 Å². The maximum Gasteiger partial charge on any atom is 0.178 e. The van der Waals surface area contributed by atoms with E-state index in [4.69, 9.17) is 12.2 Å². The molecule has 0 spiro atoms. The van der Waals surface area contributed by atoms with E-state index in [9.17, 15) is 8.42 Å². The van der Waals surface area contributed by atoms with Crippen LogP contribution in [0.15, 0.2) is 18.2 Å². The molecule has 6 heteroatoms. The average Bonchev–Trinajstić information content (AvgIpc) is 2.65. The molecular weight excluding hydrogens is 280 g/mol. The van der Waals surface area contributed by atoms with Gasteiger partial charge in [-0.1, -0.05) is 12.1 Å². The molecule has 0 bridgehead atoms. The SMILES string of the molecule is Cc1cccc2[nH]c(=S)n(C3CCCS(=O)(=O)C3)c12. The molecule has 1 aliphatic heterocycles. The first kappa shape index (κ1) is 12.9. The smallest absolute Gasteiger partial charge is 0.178 e. The Bertz CT molecular complexity index is 787. The molecule has 1 unspecified atom stereocenters. The molecule has 1 N–H and O–H groups in total. The van der Waals surface area contributed by atoms with Gasteiger partial charge in [-0.25, -0.2) is 8.42 Å². The number of aromatic nitrogens is 2. The number of rotatable bonds is 1. The van der Waals surface area contributed by atoms with E-state index in [-0.39, 0.29) is 11.8 Å². The number of hydrogen-bond acceptors (Lipinski definition) is 3. The molecule has 0 radical (unpaired) electrons. The fraction of sp³-hybridized carbons (Fsp3) is 0.462. The summed E-state index contributed by atoms with van der Waals surface area (Å²) in [7, 11) is -2.94. The van der Waals surface area contributed by atoms with Gasteiger partial charge in [-0.3, -0.25) is 0 Å². The summed E-state index contributed by atoms with van der Waals surface area (Å²) in [5.74, 6) is 0.501. The molecule has 1 saturated heterocycles. The van der Waals surface area contributed by atoms with Crippen LogP contribution in [0.2, 0.25) is 0 Å². The van der Waals surface area contributed by atoms with Crippen LogP contribution in [0, 0.1) is 11.7 Å². The molecule has 1 fully saturated rings. The zero-order valence-electron chi connectivity index (χ0n) is 10.7. The third kappa shape index (κ3) is 2.23. The van der Waals surface area contributed by atoms with Crippen molar-refractivity contribution in [1.82, 2.24) is 9.55 Å². The van der Waals surface area contributed by atoms with E-state index in [1.165, 1.54) is 0 Å². The lowest BCUT2D eigenvalue weighted by atomic mass is 10.1. The average molecular weight is 296 g/mol. The lowest BCUT2D eigenvalue weighted by Crippen LogP contribution is -2.27. The fourth-order valence-electron chi connectivity index (χ4n) is 2.91. The number of nitrogens with zero attached hydrogens (tertiary/aromatic N) is 1. The van der Waals surface area contributed by atoms with Crippen LogP contribution in [-0.2, 0) is 9.84 Å². The highest BCUT2D eigenvalue weighted by atomic mass is 32.2. The Balaban J connectivity index is 2.20. The third-order valence-electron chi connectivity index (χ3n) is 3.74. The molecular formula is C13H16N2O2S2. The van der Waals surface area contributed by atoms with Crippen molar-refractivity contribution >= 4 is 33.1 Å². The Labute approximate surface area is 117 Å². The minimum atomic E-state index is -2.94. The van der Waals surface area contributed by atoms with Gasteiger partial charge in [0.05, 0.1) is 28.6 Å². The summed E-state index contributed by atoms with van der Waals surface area (Å²) in [5.41, 5.74) is 3.13. The number of aromatic amines is 1. The van der Waals surface area contributed by atoms with E-state index in [0.717, 1.165) is 23.0 Å². The maximum absolute atomic E-state index is 11.8. The van der Waals surface area contributed by atoms with Gasteiger partial charge in [0.2, 0.25) is 0 Å². The molecule has 4 nitrogen and oxygen atoms in total. The molecule has 2 aromatic rings. The van der Waals surface area contributed by atoms with Crippen LogP contribution in [0.4, 0.5) is 0 Å². The number of imidazole rings is 1. The van der Waals surface area contributed by atoms with Gasteiger partial charge in [0.1, 0.15) is 0 Å². The standard InChI is InChI=1S/C13H16N2O2S2/c1-9-4-2-6-11-12(9)15(13(18)14-11)10-5-3-7-19(16,17)8-10/h2,4,6,10H,3,5,7-8H2,1H3,(H,14,18). The van der Waals surface area contributed by atoms with Crippen LogP contribution < -0.4 is 0 Å². The summed E-state index contributed by atoms with van der Waals surface area (Å²) in [6.07, 6.45) is 1.59. The van der Waals surface area contributed by atoms with E-state index in [1.807, 2.05) is 29.7 Å². The van der Waals surface area contributed by atoms with E-state index in [0.29, 0.717) is 16.9 Å². The number of fused-ring (bicyclic) bond motifs is 1. The number of para-hydroxylation sites is 1. The number of sulfone groups is 1. The summed E-state index contributed by atoms with van der Waals surface area (Å²) in [6, 6.07) is 5.94. The second-order valence-corrected chi connectivity index (χ2v) is 7.80. The Hall–Kier alpha value is -1.14. The number of hydrogen-bond donors (Lipinski definition) is 1. The summed E-state index contributed by atoms with van der Waals surface area (Å²) in [5, 5.41) is 0. The minimum absolute atomic E-state index is 0.0406. The van der Waals surface area contributed by atoms with Crippen molar-refractivity contribution in [3.8, 4) is 0 Å². The molecule has 1 aromatic heterocycles. The quantitative estimate of drug-likeness (QED) is 0.823. The molecule has 1 aromatic carbocycles. The van der Waals surface area contributed by atoms with Crippen LogP contribution in [0.3, 0.4) is 0 Å². The number of H-pyrrole nitrogens is 1. The maximum atomic E-state index is 11.8. The van der Waals surface area contributed by atoms with Gasteiger partial charge in [0.25, 0.3) is 0 Å². The fourth-order valence-corrected chi connectivity index (χ4v) is 4.93. The van der Waals surface area contributed by atoms with Gasteiger partial charge >= 0.3 is 0 Å². The normalized spacial score (nSPS) is 22.7. The van der Waals surface area contributed by atoms with Gasteiger partial charge in [0.15, 0.2) is 14.6 Å². The molecule has 0 aliphatic carbocycles. The summed E-state index contributed by atoms with van der Waals surface area (Å²) >= 11 is 5.38. The van der Waals surface area contributed by atoms with E-state index < -0.39 is 9.84 Å². The van der Waals surface area contributed by atoms with E-state index in [1.54, 1.807) is 0 Å². The van der Waals surface area contributed by atoms with Crippen molar-refractivity contribution in [3.05, 3.63) is 28.5 Å². The first-order chi connectivity index (χ1) is 8.98. The highest BCUT2D eigenvalue weighted by Crippen LogP contribution is 2.29. The highest BCUT2D eigenvalue weighted by Gasteiger charge is 2.27. The molecule has 1 atom stereocenters. The first-order valence-corrected chi connectivity index (χ1v) is 8.61. The zero-order valence-corrected chi connectivity index (χ0v) is 12.4. The molecule has 3 rings (SSSR count). The summed E-state index contributed by atoms with van der Waals surface area (Å²) in [4.78, 5) is 3.18. The molecule has 1 aliphatic rings. The van der Waals surface area contributed by atoms with Crippen LogP contribution in [0.25, 0.3) is 11.0 Å². The summed E-state index contributed by atoms with van der Waals surface area (Å²) < 4.78 is 26.3. The minimum Gasteiger partial charge on any atom is -0.331 e. The van der Waals surface area contributed by atoms with Crippen molar-refractivity contribution in [2.24, 2.45) is 0 Å².